The minimum atomic E-state index is -3.40. The number of hydrogen-bond acceptors (Lipinski definition) is 3. The SMILES string of the molecule is CCNC(CC)C(C)c1ccccc1S(=O)(=O)N(C)C. The molecule has 114 valence electrons. The number of sulfonamides is 1. The van der Waals surface area contributed by atoms with E-state index in [0.29, 0.717) is 4.90 Å². The van der Waals surface area contributed by atoms with Crippen LogP contribution >= 0.6 is 0 Å². The quantitative estimate of drug-likeness (QED) is 0.841. The molecule has 1 rings (SSSR count). The predicted molar refractivity (Wildman–Crippen MR) is 83.5 cm³/mol. The van der Waals surface area contributed by atoms with E-state index in [-0.39, 0.29) is 12.0 Å². The van der Waals surface area contributed by atoms with Crippen molar-refractivity contribution in [3.05, 3.63) is 29.8 Å². The van der Waals surface area contributed by atoms with Crippen LogP contribution in [0.3, 0.4) is 0 Å². The summed E-state index contributed by atoms with van der Waals surface area (Å²) >= 11 is 0. The van der Waals surface area contributed by atoms with Crippen LogP contribution in [0.1, 0.15) is 38.7 Å². The first kappa shape index (κ1) is 17.1. The topological polar surface area (TPSA) is 49.4 Å². The van der Waals surface area contributed by atoms with E-state index >= 15 is 0 Å². The molecule has 0 amide bonds. The molecular formula is C15H26N2O2S. The van der Waals surface area contributed by atoms with Gasteiger partial charge >= 0.3 is 0 Å². The first-order valence-corrected chi connectivity index (χ1v) is 8.55. The van der Waals surface area contributed by atoms with E-state index in [1.165, 1.54) is 4.31 Å². The van der Waals surface area contributed by atoms with E-state index in [2.05, 4.69) is 26.1 Å². The Bertz CT molecular complexity index is 526. The molecule has 0 radical (unpaired) electrons. The molecule has 0 fully saturated rings. The van der Waals surface area contributed by atoms with Gasteiger partial charge in [0, 0.05) is 20.1 Å². The van der Waals surface area contributed by atoms with E-state index in [1.807, 2.05) is 12.1 Å². The number of nitrogens with one attached hydrogen (secondary N) is 1. The van der Waals surface area contributed by atoms with Crippen molar-refractivity contribution in [3.8, 4) is 0 Å². The first-order valence-electron chi connectivity index (χ1n) is 7.11. The van der Waals surface area contributed by atoms with E-state index < -0.39 is 10.0 Å². The lowest BCUT2D eigenvalue weighted by molar-refractivity contribution is 0.442. The molecule has 0 saturated carbocycles. The van der Waals surface area contributed by atoms with Crippen molar-refractivity contribution in [1.29, 1.82) is 0 Å². The van der Waals surface area contributed by atoms with Gasteiger partial charge in [0.05, 0.1) is 4.90 Å². The zero-order valence-electron chi connectivity index (χ0n) is 13.1. The van der Waals surface area contributed by atoms with Gasteiger partial charge in [-0.1, -0.05) is 39.0 Å². The van der Waals surface area contributed by atoms with E-state index in [9.17, 15) is 8.42 Å². The Morgan fingerprint density at radius 2 is 1.80 bits per heavy atom. The molecule has 0 aromatic heterocycles. The molecule has 1 N–H and O–H groups in total. The van der Waals surface area contributed by atoms with Gasteiger partial charge < -0.3 is 5.32 Å². The van der Waals surface area contributed by atoms with Crippen LogP contribution in [0.15, 0.2) is 29.2 Å². The molecular weight excluding hydrogens is 272 g/mol. The highest BCUT2D eigenvalue weighted by Gasteiger charge is 2.26. The minimum Gasteiger partial charge on any atom is -0.314 e. The number of hydrogen-bond donors (Lipinski definition) is 1. The highest BCUT2D eigenvalue weighted by Crippen LogP contribution is 2.28. The lowest BCUT2D eigenvalue weighted by atomic mass is 9.91. The molecule has 1 aromatic rings. The Hall–Kier alpha value is -0.910. The Balaban J connectivity index is 3.26. The highest BCUT2D eigenvalue weighted by molar-refractivity contribution is 7.89. The molecule has 20 heavy (non-hydrogen) atoms. The summed E-state index contributed by atoms with van der Waals surface area (Å²) in [6.45, 7) is 7.15. The smallest absolute Gasteiger partial charge is 0.242 e. The molecule has 0 aliphatic carbocycles. The first-order chi connectivity index (χ1) is 9.36. The Kier molecular flexibility index (Phi) is 6.17. The normalized spacial score (nSPS) is 15.3. The molecule has 0 aliphatic rings. The third-order valence-electron chi connectivity index (χ3n) is 3.68. The second-order valence-corrected chi connectivity index (χ2v) is 7.31. The third-order valence-corrected chi connectivity index (χ3v) is 5.57. The molecule has 4 nitrogen and oxygen atoms in total. The molecule has 0 aliphatic heterocycles. The van der Waals surface area contributed by atoms with Gasteiger partial charge in [-0.05, 0) is 30.5 Å². The van der Waals surface area contributed by atoms with E-state index in [1.54, 1.807) is 26.2 Å². The van der Waals surface area contributed by atoms with Crippen molar-refractivity contribution in [2.45, 2.75) is 44.0 Å². The zero-order valence-corrected chi connectivity index (χ0v) is 13.9. The minimum absolute atomic E-state index is 0.144. The molecule has 1 aromatic carbocycles. The molecule has 2 atom stereocenters. The van der Waals surface area contributed by atoms with Gasteiger partial charge in [-0.15, -0.1) is 0 Å². The van der Waals surface area contributed by atoms with Crippen molar-refractivity contribution in [1.82, 2.24) is 9.62 Å². The average Bonchev–Trinajstić information content (AvgIpc) is 2.43. The predicted octanol–water partition coefficient (Wildman–Crippen LogP) is 2.43. The monoisotopic (exact) mass is 298 g/mol. The summed E-state index contributed by atoms with van der Waals surface area (Å²) in [5, 5.41) is 3.43. The lowest BCUT2D eigenvalue weighted by Gasteiger charge is -2.26. The summed E-state index contributed by atoms with van der Waals surface area (Å²) in [5.74, 6) is 0.144. The zero-order chi connectivity index (χ0) is 15.3. The van der Waals surface area contributed by atoms with Crippen LogP contribution < -0.4 is 5.32 Å². The van der Waals surface area contributed by atoms with Crippen molar-refractivity contribution < 1.29 is 8.42 Å². The van der Waals surface area contributed by atoms with Gasteiger partial charge in [-0.2, -0.15) is 0 Å². The van der Waals surface area contributed by atoms with E-state index in [4.69, 9.17) is 0 Å². The standard InChI is InChI=1S/C15H26N2O2S/c1-6-14(16-7-2)12(3)13-10-8-9-11-15(13)20(18,19)17(4)5/h8-12,14,16H,6-7H2,1-5H3. The highest BCUT2D eigenvalue weighted by atomic mass is 32.2. The van der Waals surface area contributed by atoms with Crippen LogP contribution in [0.4, 0.5) is 0 Å². The fourth-order valence-electron chi connectivity index (χ4n) is 2.44. The molecule has 0 bridgehead atoms. The molecule has 2 unspecified atom stereocenters. The van der Waals surface area contributed by atoms with Crippen molar-refractivity contribution in [3.63, 3.8) is 0 Å². The summed E-state index contributed by atoms with van der Waals surface area (Å²) < 4.78 is 26.1. The van der Waals surface area contributed by atoms with Crippen molar-refractivity contribution in [2.24, 2.45) is 0 Å². The van der Waals surface area contributed by atoms with Crippen LogP contribution in [0, 0.1) is 0 Å². The van der Waals surface area contributed by atoms with Crippen LogP contribution in [-0.2, 0) is 10.0 Å². The van der Waals surface area contributed by atoms with Crippen molar-refractivity contribution >= 4 is 10.0 Å². The maximum atomic E-state index is 12.4. The summed E-state index contributed by atoms with van der Waals surface area (Å²) in [6.07, 6.45) is 0.964. The van der Waals surface area contributed by atoms with Gasteiger partial charge in [0.15, 0.2) is 0 Å². The maximum Gasteiger partial charge on any atom is 0.242 e. The summed E-state index contributed by atoms with van der Waals surface area (Å²) in [5.41, 5.74) is 0.883. The van der Waals surface area contributed by atoms with Gasteiger partial charge in [-0.3, -0.25) is 0 Å². The second kappa shape index (κ2) is 7.20. The second-order valence-electron chi connectivity index (χ2n) is 5.19. The molecule has 5 heteroatoms. The summed E-state index contributed by atoms with van der Waals surface area (Å²) in [4.78, 5) is 0.411. The lowest BCUT2D eigenvalue weighted by Crippen LogP contribution is -2.34. The third kappa shape index (κ3) is 3.59. The van der Waals surface area contributed by atoms with Crippen LogP contribution in [0.2, 0.25) is 0 Å². The Morgan fingerprint density at radius 1 is 1.20 bits per heavy atom. The van der Waals surface area contributed by atoms with Gasteiger partial charge in [-0.25, -0.2) is 12.7 Å². The van der Waals surface area contributed by atoms with Crippen LogP contribution in [0.25, 0.3) is 0 Å². The maximum absolute atomic E-state index is 12.4. The number of likely N-dealkylation sites (N-methyl/N-ethyl adjacent to an activating group) is 1. The van der Waals surface area contributed by atoms with Crippen molar-refractivity contribution in [2.75, 3.05) is 20.6 Å². The summed E-state index contributed by atoms with van der Waals surface area (Å²) in [7, 11) is -0.268. The number of nitrogens with zero attached hydrogens (tertiary/aromatic N) is 1. The largest absolute Gasteiger partial charge is 0.314 e. The van der Waals surface area contributed by atoms with Crippen LogP contribution in [-0.4, -0.2) is 39.4 Å². The number of benzene rings is 1. The molecule has 0 spiro atoms. The van der Waals surface area contributed by atoms with E-state index in [0.717, 1.165) is 18.5 Å². The van der Waals surface area contributed by atoms with Crippen LogP contribution in [0.5, 0.6) is 0 Å². The summed E-state index contributed by atoms with van der Waals surface area (Å²) in [6, 6.07) is 7.57. The average molecular weight is 298 g/mol. The fourth-order valence-corrected chi connectivity index (χ4v) is 3.64. The Labute approximate surface area is 123 Å². The number of rotatable bonds is 7. The van der Waals surface area contributed by atoms with Gasteiger partial charge in [0.2, 0.25) is 10.0 Å². The Morgan fingerprint density at radius 3 is 2.30 bits per heavy atom. The van der Waals surface area contributed by atoms with Gasteiger partial charge in [0.25, 0.3) is 0 Å². The fraction of sp³-hybridized carbons (Fsp3) is 0.600. The van der Waals surface area contributed by atoms with Gasteiger partial charge in [0.1, 0.15) is 0 Å². The molecule has 0 saturated heterocycles. The molecule has 0 heterocycles.